The zero-order chi connectivity index (χ0) is 8.55. The van der Waals surface area contributed by atoms with Crippen molar-refractivity contribution in [3.05, 3.63) is 0 Å². The third kappa shape index (κ3) is 1.59. The van der Waals surface area contributed by atoms with Crippen LogP contribution < -0.4 is 16.0 Å². The summed E-state index contributed by atoms with van der Waals surface area (Å²) < 4.78 is 0. The van der Waals surface area contributed by atoms with E-state index in [-0.39, 0.29) is 30.4 Å². The van der Waals surface area contributed by atoms with Gasteiger partial charge in [0.1, 0.15) is 12.6 Å². The van der Waals surface area contributed by atoms with Crippen LogP contribution in [-0.4, -0.2) is 30.5 Å². The number of guanidine groups is 1. The number of aliphatic imine (C=N–C) groups is 1. The van der Waals surface area contributed by atoms with Crippen LogP contribution in [0.25, 0.3) is 0 Å². The number of nitrogens with one attached hydrogen (secondary N) is 3. The maximum Gasteiger partial charge on any atom is 0.236 e. The Bertz CT molecular complexity index is 251. The number of rotatable bonds is 1. The normalized spacial score (nSPS) is 27.7. The van der Waals surface area contributed by atoms with Crippen molar-refractivity contribution in [1.29, 1.82) is 0 Å². The molecule has 2 amide bonds. The van der Waals surface area contributed by atoms with E-state index < -0.39 is 0 Å². The quantitative estimate of drug-likeness (QED) is 0.309. The lowest BCUT2D eigenvalue weighted by Gasteiger charge is -2.14. The molecule has 0 aromatic carbocycles. The molecule has 0 unspecified atom stereocenters. The third-order valence-corrected chi connectivity index (χ3v) is 1.51. The van der Waals surface area contributed by atoms with E-state index in [1.807, 2.05) is 0 Å². The van der Waals surface area contributed by atoms with E-state index in [1.54, 1.807) is 0 Å². The molecular formula is C6H8N4O2. The third-order valence-electron chi connectivity index (χ3n) is 1.51. The van der Waals surface area contributed by atoms with Crippen LogP contribution in [0, 0.1) is 0 Å². The minimum absolute atomic E-state index is 0.0544. The Morgan fingerprint density at radius 1 is 1.25 bits per heavy atom. The number of amides is 2. The van der Waals surface area contributed by atoms with Crippen LogP contribution in [0.3, 0.4) is 0 Å². The van der Waals surface area contributed by atoms with Crippen molar-refractivity contribution in [2.45, 2.75) is 12.6 Å². The Kier molecular flexibility index (Phi) is 1.54. The minimum Gasteiger partial charge on any atom is -0.296 e. The van der Waals surface area contributed by atoms with E-state index in [4.69, 9.17) is 0 Å². The Labute approximate surface area is 68.4 Å². The molecule has 2 aliphatic heterocycles. The van der Waals surface area contributed by atoms with Gasteiger partial charge in [0, 0.05) is 6.54 Å². The highest BCUT2D eigenvalue weighted by Gasteiger charge is 2.24. The molecule has 0 aromatic heterocycles. The highest BCUT2D eigenvalue weighted by atomic mass is 16.2. The van der Waals surface area contributed by atoms with Gasteiger partial charge >= 0.3 is 0 Å². The predicted octanol–water partition coefficient (Wildman–Crippen LogP) is -2.09. The van der Waals surface area contributed by atoms with Gasteiger partial charge in [0.25, 0.3) is 0 Å². The molecule has 0 saturated carbocycles. The van der Waals surface area contributed by atoms with Crippen molar-refractivity contribution in [2.24, 2.45) is 4.99 Å². The van der Waals surface area contributed by atoms with E-state index in [0.717, 1.165) is 6.54 Å². The topological polar surface area (TPSA) is 92.5 Å². The molecule has 0 bridgehead atoms. The number of hydrogen-bond acceptors (Lipinski definition) is 4. The van der Waals surface area contributed by atoms with E-state index in [0.29, 0.717) is 0 Å². The fourth-order valence-corrected chi connectivity index (χ4v) is 0.894. The van der Waals surface area contributed by atoms with Gasteiger partial charge in [0.15, 0.2) is 0 Å². The first kappa shape index (κ1) is 7.23. The van der Waals surface area contributed by atoms with Gasteiger partial charge in [-0.05, 0) is 0 Å². The molecule has 3 N–H and O–H groups in total. The summed E-state index contributed by atoms with van der Waals surface area (Å²) in [6.45, 7) is 0.801. The van der Waals surface area contributed by atoms with Crippen LogP contribution in [0.2, 0.25) is 0 Å². The zero-order valence-corrected chi connectivity index (χ0v) is 6.26. The lowest BCUT2D eigenvalue weighted by atomic mass is 10.3. The fraction of sp³-hybridized carbons (Fsp3) is 0.500. The average molecular weight is 168 g/mol. The maximum atomic E-state index is 10.8. The predicted molar refractivity (Wildman–Crippen MR) is 40.1 cm³/mol. The number of carbonyl (C=O) groups excluding carboxylic acids is 2. The molecule has 2 heterocycles. The average Bonchev–Trinajstić information content (AvgIpc) is 2.68. The first-order chi connectivity index (χ1) is 5.74. The summed E-state index contributed by atoms with van der Waals surface area (Å²) in [7, 11) is 0. The minimum atomic E-state index is -0.307. The summed E-state index contributed by atoms with van der Waals surface area (Å²) in [6.07, 6.45) is -0.0596. The van der Waals surface area contributed by atoms with E-state index >= 15 is 0 Å². The van der Waals surface area contributed by atoms with Crippen LogP contribution in [0.15, 0.2) is 4.99 Å². The molecule has 2 saturated heterocycles. The molecule has 0 spiro atoms. The van der Waals surface area contributed by atoms with Gasteiger partial charge in [-0.1, -0.05) is 0 Å². The largest absolute Gasteiger partial charge is 0.296 e. The Hall–Kier alpha value is -1.43. The van der Waals surface area contributed by atoms with E-state index in [2.05, 4.69) is 20.9 Å². The summed E-state index contributed by atoms with van der Waals surface area (Å²) in [5.74, 6) is -0.359. The zero-order valence-electron chi connectivity index (χ0n) is 6.26. The summed E-state index contributed by atoms with van der Waals surface area (Å²) >= 11 is 0. The van der Waals surface area contributed by atoms with Gasteiger partial charge in [-0.3, -0.25) is 25.5 Å². The molecule has 6 nitrogen and oxygen atoms in total. The molecule has 0 radical (unpaired) electrons. The van der Waals surface area contributed by atoms with E-state index in [1.165, 1.54) is 0 Å². The number of hydrogen-bond donors (Lipinski definition) is 3. The lowest BCUT2D eigenvalue weighted by Crippen LogP contribution is -2.51. The van der Waals surface area contributed by atoms with Crippen molar-refractivity contribution in [3.8, 4) is 0 Å². The first-order valence-electron chi connectivity index (χ1n) is 3.65. The Morgan fingerprint density at radius 2 is 1.83 bits per heavy atom. The maximum absolute atomic E-state index is 10.8. The van der Waals surface area contributed by atoms with Crippen LogP contribution in [0.1, 0.15) is 6.42 Å². The second-order valence-corrected chi connectivity index (χ2v) is 2.67. The number of carbonyl (C=O) groups is 2. The van der Waals surface area contributed by atoms with Crippen LogP contribution in [0.5, 0.6) is 0 Å². The van der Waals surface area contributed by atoms with Gasteiger partial charge in [0.05, 0.1) is 0 Å². The molecule has 2 fully saturated rings. The van der Waals surface area contributed by atoms with Crippen molar-refractivity contribution < 1.29 is 9.59 Å². The molecule has 1 atom stereocenters. The molecule has 12 heavy (non-hydrogen) atoms. The van der Waals surface area contributed by atoms with Crippen molar-refractivity contribution in [1.82, 2.24) is 16.0 Å². The highest BCUT2D eigenvalue weighted by molar-refractivity contribution is 6.15. The monoisotopic (exact) mass is 168 g/mol. The lowest BCUT2D eigenvalue weighted by molar-refractivity contribution is -0.129. The molecule has 2 rings (SSSR count). The van der Waals surface area contributed by atoms with Gasteiger partial charge < -0.3 is 0 Å². The molecule has 0 aliphatic carbocycles. The SMILES string of the molecule is O=C1CC(=O)NC(=N[C@H]2CN2)N1. The standard InChI is InChI=1S/C6H8N4O2/c11-4-1-5(12)10-6(9-4)8-3-2-7-3/h3,7H,1-2H2,(H2,8,9,10,11,12)/t3-/m0/s1. The summed E-state index contributed by atoms with van der Waals surface area (Å²) in [5.41, 5.74) is 0. The van der Waals surface area contributed by atoms with Gasteiger partial charge in [-0.2, -0.15) is 0 Å². The summed E-state index contributed by atoms with van der Waals surface area (Å²) in [5, 5.41) is 7.84. The molecular weight excluding hydrogens is 160 g/mol. The van der Waals surface area contributed by atoms with Gasteiger partial charge in [-0.15, -0.1) is 0 Å². The summed E-state index contributed by atoms with van der Waals surface area (Å²) in [4.78, 5) is 25.6. The first-order valence-corrected chi connectivity index (χ1v) is 3.65. The van der Waals surface area contributed by atoms with Crippen LogP contribution in [-0.2, 0) is 9.59 Å². The van der Waals surface area contributed by atoms with Crippen molar-refractivity contribution >= 4 is 17.8 Å². The Morgan fingerprint density at radius 3 is 2.33 bits per heavy atom. The van der Waals surface area contributed by atoms with E-state index in [9.17, 15) is 9.59 Å². The smallest absolute Gasteiger partial charge is 0.236 e. The van der Waals surface area contributed by atoms with Gasteiger partial charge in [-0.25, -0.2) is 4.99 Å². The highest BCUT2D eigenvalue weighted by Crippen LogP contribution is 1.98. The summed E-state index contributed by atoms with van der Waals surface area (Å²) in [6, 6.07) is 0. The van der Waals surface area contributed by atoms with Crippen LogP contribution >= 0.6 is 0 Å². The molecule has 64 valence electrons. The second-order valence-electron chi connectivity index (χ2n) is 2.67. The fourth-order valence-electron chi connectivity index (χ4n) is 0.894. The molecule has 2 aliphatic rings. The Balaban J connectivity index is 2.05. The van der Waals surface area contributed by atoms with Crippen LogP contribution in [0.4, 0.5) is 0 Å². The molecule has 0 aromatic rings. The van der Waals surface area contributed by atoms with Gasteiger partial charge in [0.2, 0.25) is 17.8 Å². The number of nitrogens with zero attached hydrogens (tertiary/aromatic N) is 1. The second kappa shape index (κ2) is 2.56. The van der Waals surface area contributed by atoms with Crippen molar-refractivity contribution in [2.75, 3.05) is 6.54 Å². The van der Waals surface area contributed by atoms with Crippen molar-refractivity contribution in [3.63, 3.8) is 0 Å². The molecule has 6 heteroatoms.